The van der Waals surface area contributed by atoms with Crippen LogP contribution in [0.4, 0.5) is 0 Å². The first kappa shape index (κ1) is 15.6. The van der Waals surface area contributed by atoms with Crippen LogP contribution in [0.15, 0.2) is 17.0 Å². The van der Waals surface area contributed by atoms with Crippen molar-refractivity contribution in [1.29, 1.82) is 0 Å². The molecule has 7 heteroatoms. The van der Waals surface area contributed by atoms with Gasteiger partial charge in [0, 0.05) is 30.7 Å². The normalized spacial score (nSPS) is 20.1. The minimum Gasteiger partial charge on any atom is -0.310 e. The van der Waals surface area contributed by atoms with E-state index < -0.39 is 10.0 Å². The fraction of sp³-hybridized carbons (Fsp3) is 0.571. The molecule has 1 heterocycles. The van der Waals surface area contributed by atoms with Crippen molar-refractivity contribution in [2.75, 3.05) is 13.1 Å². The lowest BCUT2D eigenvalue weighted by Crippen LogP contribution is -2.28. The molecule has 0 spiro atoms. The third-order valence-corrected chi connectivity index (χ3v) is 6.62. The first-order chi connectivity index (χ1) is 9.98. The summed E-state index contributed by atoms with van der Waals surface area (Å²) in [6.45, 7) is 1.66. The van der Waals surface area contributed by atoms with Gasteiger partial charge in [-0.15, -0.1) is 0 Å². The second-order valence-corrected chi connectivity index (χ2v) is 8.36. The summed E-state index contributed by atoms with van der Waals surface area (Å²) in [5.74, 6) is 0. The van der Waals surface area contributed by atoms with Crippen LogP contribution in [-0.2, 0) is 16.6 Å². The summed E-state index contributed by atoms with van der Waals surface area (Å²) in [5, 5.41) is 4.04. The van der Waals surface area contributed by atoms with Crippen molar-refractivity contribution in [2.24, 2.45) is 0 Å². The van der Waals surface area contributed by atoms with E-state index in [1.165, 1.54) is 10.4 Å². The molecule has 1 saturated heterocycles. The summed E-state index contributed by atoms with van der Waals surface area (Å²) < 4.78 is 26.8. The lowest BCUT2D eigenvalue weighted by atomic mass is 10.2. The standard InChI is InChI=1S/C14H18Cl2N2O2S/c15-11-7-10(9-17-12-3-4-12)14(16)13(8-11)21(19,20)18-5-1-2-6-18/h7-8,12,17H,1-6,9H2. The van der Waals surface area contributed by atoms with Crippen LogP contribution in [-0.4, -0.2) is 31.9 Å². The molecule has 4 nitrogen and oxygen atoms in total. The van der Waals surface area contributed by atoms with Crippen LogP contribution in [0.25, 0.3) is 0 Å². The molecule has 0 bridgehead atoms. The monoisotopic (exact) mass is 348 g/mol. The van der Waals surface area contributed by atoms with Crippen LogP contribution in [0.2, 0.25) is 10.0 Å². The zero-order chi connectivity index (χ0) is 15.0. The van der Waals surface area contributed by atoms with Gasteiger partial charge in [0.25, 0.3) is 0 Å². The van der Waals surface area contributed by atoms with E-state index in [-0.39, 0.29) is 4.90 Å². The van der Waals surface area contributed by atoms with E-state index in [0.717, 1.165) is 31.2 Å². The number of hydrogen-bond donors (Lipinski definition) is 1. The average molecular weight is 349 g/mol. The molecule has 3 rings (SSSR count). The molecule has 0 amide bonds. The van der Waals surface area contributed by atoms with Crippen LogP contribution >= 0.6 is 23.2 Å². The van der Waals surface area contributed by atoms with Gasteiger partial charge in [-0.3, -0.25) is 0 Å². The molecule has 1 N–H and O–H groups in total. The van der Waals surface area contributed by atoms with Gasteiger partial charge in [0.1, 0.15) is 4.90 Å². The van der Waals surface area contributed by atoms with Gasteiger partial charge in [-0.2, -0.15) is 4.31 Å². The smallest absolute Gasteiger partial charge is 0.244 e. The summed E-state index contributed by atoms with van der Waals surface area (Å²) in [6, 6.07) is 3.72. The number of benzene rings is 1. The second-order valence-electron chi connectivity index (χ2n) is 5.64. The van der Waals surface area contributed by atoms with Crippen molar-refractivity contribution >= 4 is 33.2 Å². The maximum Gasteiger partial charge on any atom is 0.244 e. The molecule has 1 aromatic rings. The van der Waals surface area contributed by atoms with Crippen LogP contribution in [0.1, 0.15) is 31.2 Å². The quantitative estimate of drug-likeness (QED) is 0.889. The Kier molecular flexibility index (Phi) is 4.48. The molecular weight excluding hydrogens is 331 g/mol. The van der Waals surface area contributed by atoms with Gasteiger partial charge in [0.05, 0.1) is 5.02 Å². The predicted molar refractivity (Wildman–Crippen MR) is 84.3 cm³/mol. The van der Waals surface area contributed by atoms with Gasteiger partial charge >= 0.3 is 0 Å². The molecule has 2 fully saturated rings. The van der Waals surface area contributed by atoms with Crippen LogP contribution < -0.4 is 5.32 Å². The highest BCUT2D eigenvalue weighted by Gasteiger charge is 2.30. The topological polar surface area (TPSA) is 49.4 Å². The molecule has 0 radical (unpaired) electrons. The minimum absolute atomic E-state index is 0.131. The maximum absolute atomic E-state index is 12.7. The number of nitrogens with zero attached hydrogens (tertiary/aromatic N) is 1. The molecular formula is C14H18Cl2N2O2S. The molecule has 1 saturated carbocycles. The zero-order valence-electron chi connectivity index (χ0n) is 11.6. The fourth-order valence-electron chi connectivity index (χ4n) is 2.54. The molecule has 0 aromatic heterocycles. The molecule has 0 atom stereocenters. The molecule has 0 unspecified atom stereocenters. The Bertz CT molecular complexity index is 639. The lowest BCUT2D eigenvalue weighted by Gasteiger charge is -2.18. The Morgan fingerprint density at radius 3 is 2.48 bits per heavy atom. The second kappa shape index (κ2) is 6.05. The SMILES string of the molecule is O=S(=O)(c1cc(Cl)cc(CNC2CC2)c1Cl)N1CCCC1. The van der Waals surface area contributed by atoms with Crippen molar-refractivity contribution < 1.29 is 8.42 Å². The van der Waals surface area contributed by atoms with E-state index in [1.54, 1.807) is 6.07 Å². The molecule has 116 valence electrons. The van der Waals surface area contributed by atoms with Gasteiger partial charge < -0.3 is 5.32 Å². The van der Waals surface area contributed by atoms with Crippen molar-refractivity contribution in [1.82, 2.24) is 9.62 Å². The van der Waals surface area contributed by atoms with E-state index >= 15 is 0 Å². The van der Waals surface area contributed by atoms with Gasteiger partial charge in [0.15, 0.2) is 0 Å². The van der Waals surface area contributed by atoms with Crippen LogP contribution in [0.5, 0.6) is 0 Å². The zero-order valence-corrected chi connectivity index (χ0v) is 13.9. The molecule has 1 aliphatic carbocycles. The van der Waals surface area contributed by atoms with E-state index in [9.17, 15) is 8.42 Å². The highest BCUT2D eigenvalue weighted by molar-refractivity contribution is 7.89. The predicted octanol–water partition coefficient (Wildman–Crippen LogP) is 3.03. The summed E-state index contributed by atoms with van der Waals surface area (Å²) in [6.07, 6.45) is 4.12. The number of hydrogen-bond acceptors (Lipinski definition) is 3. The third-order valence-electron chi connectivity index (χ3n) is 3.92. The van der Waals surface area contributed by atoms with Crippen molar-refractivity contribution in [2.45, 2.75) is 43.2 Å². The Morgan fingerprint density at radius 2 is 1.86 bits per heavy atom. The largest absolute Gasteiger partial charge is 0.310 e. The van der Waals surface area contributed by atoms with E-state index in [0.29, 0.717) is 35.7 Å². The minimum atomic E-state index is -3.55. The highest BCUT2D eigenvalue weighted by atomic mass is 35.5. The number of halogens is 2. The summed E-state index contributed by atoms with van der Waals surface area (Å²) in [4.78, 5) is 0.131. The Balaban J connectivity index is 1.93. The Labute approximate surface area is 135 Å². The summed E-state index contributed by atoms with van der Waals surface area (Å²) >= 11 is 12.4. The van der Waals surface area contributed by atoms with E-state index in [4.69, 9.17) is 23.2 Å². The third kappa shape index (κ3) is 3.37. The number of nitrogens with one attached hydrogen (secondary N) is 1. The van der Waals surface area contributed by atoms with E-state index in [2.05, 4.69) is 5.32 Å². The Morgan fingerprint density at radius 1 is 1.19 bits per heavy atom. The number of rotatable bonds is 5. The van der Waals surface area contributed by atoms with Gasteiger partial charge in [-0.25, -0.2) is 8.42 Å². The molecule has 2 aliphatic rings. The first-order valence-electron chi connectivity index (χ1n) is 7.20. The molecule has 1 aromatic carbocycles. The van der Waals surface area contributed by atoms with Crippen LogP contribution in [0.3, 0.4) is 0 Å². The van der Waals surface area contributed by atoms with Crippen molar-refractivity contribution in [3.05, 3.63) is 27.7 Å². The number of sulfonamides is 1. The maximum atomic E-state index is 12.7. The fourth-order valence-corrected chi connectivity index (χ4v) is 4.97. The summed E-state index contributed by atoms with van der Waals surface area (Å²) in [7, 11) is -3.55. The van der Waals surface area contributed by atoms with Gasteiger partial charge in [-0.1, -0.05) is 23.2 Å². The molecule has 21 heavy (non-hydrogen) atoms. The van der Waals surface area contributed by atoms with Crippen molar-refractivity contribution in [3.8, 4) is 0 Å². The molecule has 1 aliphatic heterocycles. The van der Waals surface area contributed by atoms with Crippen LogP contribution in [0, 0.1) is 0 Å². The average Bonchev–Trinajstić information content (AvgIpc) is 3.09. The first-order valence-corrected chi connectivity index (χ1v) is 9.39. The van der Waals surface area contributed by atoms with Gasteiger partial charge in [0.2, 0.25) is 10.0 Å². The van der Waals surface area contributed by atoms with Crippen molar-refractivity contribution in [3.63, 3.8) is 0 Å². The summed E-state index contributed by atoms with van der Waals surface area (Å²) in [5.41, 5.74) is 0.744. The van der Waals surface area contributed by atoms with Gasteiger partial charge in [-0.05, 0) is 43.4 Å². The lowest BCUT2D eigenvalue weighted by molar-refractivity contribution is 0.477. The van der Waals surface area contributed by atoms with E-state index in [1.807, 2.05) is 0 Å². The Hall–Kier alpha value is -0.330. The highest BCUT2D eigenvalue weighted by Crippen LogP contribution is 2.33.